The van der Waals surface area contributed by atoms with E-state index in [1.54, 1.807) is 18.2 Å². The van der Waals surface area contributed by atoms with Crippen LogP contribution < -0.4 is 30.7 Å². The van der Waals surface area contributed by atoms with E-state index in [0.29, 0.717) is 49.7 Å². The van der Waals surface area contributed by atoms with Crippen LogP contribution in [0.5, 0.6) is 11.5 Å². The highest BCUT2D eigenvalue weighted by atomic mass is 16.6. The zero-order chi connectivity index (χ0) is 30.2. The van der Waals surface area contributed by atoms with Crippen molar-refractivity contribution in [2.24, 2.45) is 11.8 Å². The van der Waals surface area contributed by atoms with Gasteiger partial charge in [-0.25, -0.2) is 0 Å². The number of rotatable bonds is 11. The molecule has 0 spiro atoms. The first-order chi connectivity index (χ1) is 20.9. The van der Waals surface area contributed by atoms with Crippen molar-refractivity contribution >= 4 is 29.4 Å². The third kappa shape index (κ3) is 8.26. The van der Waals surface area contributed by atoms with E-state index in [9.17, 15) is 24.0 Å². The quantitative estimate of drug-likeness (QED) is 0.287. The van der Waals surface area contributed by atoms with E-state index in [-0.39, 0.29) is 24.3 Å². The molecule has 0 bridgehead atoms. The number of fused-ring (bicyclic) bond motifs is 1. The Morgan fingerprint density at radius 3 is 2.21 bits per heavy atom. The number of ether oxygens (including phenoxy) is 2. The lowest BCUT2D eigenvalue weighted by molar-refractivity contribution is -0.141. The second-order valence-electron chi connectivity index (χ2n) is 12.4. The molecule has 0 unspecified atom stereocenters. The van der Waals surface area contributed by atoms with Crippen molar-refractivity contribution in [1.29, 1.82) is 0 Å². The Bertz CT molecular complexity index is 1190. The molecule has 2 aliphatic carbocycles. The maximum absolute atomic E-state index is 13.8. The van der Waals surface area contributed by atoms with E-state index < -0.39 is 41.5 Å². The van der Waals surface area contributed by atoms with Gasteiger partial charge in [-0.05, 0) is 56.2 Å². The molecule has 1 aromatic rings. The lowest BCUT2D eigenvalue weighted by atomic mass is 9.84. The molecule has 43 heavy (non-hydrogen) atoms. The average Bonchev–Trinajstić information content (AvgIpc) is 3.44. The fraction of sp³-hybridized carbons (Fsp3) is 0.656. The summed E-state index contributed by atoms with van der Waals surface area (Å²) >= 11 is 0. The zero-order valence-corrected chi connectivity index (χ0v) is 24.8. The van der Waals surface area contributed by atoms with E-state index in [0.717, 1.165) is 64.2 Å². The molecule has 234 valence electrons. The highest BCUT2D eigenvalue weighted by molar-refractivity contribution is 6.38. The number of carbonyl (C=O) groups excluding carboxylic acids is 5. The third-order valence-corrected chi connectivity index (χ3v) is 9.20. The van der Waals surface area contributed by atoms with Crippen LogP contribution >= 0.6 is 0 Å². The molecule has 11 nitrogen and oxygen atoms in total. The monoisotopic (exact) mass is 596 g/mol. The van der Waals surface area contributed by atoms with Gasteiger partial charge >= 0.3 is 0 Å². The van der Waals surface area contributed by atoms with Crippen LogP contribution in [0.15, 0.2) is 18.2 Å². The Labute approximate surface area is 252 Å². The predicted molar refractivity (Wildman–Crippen MR) is 158 cm³/mol. The van der Waals surface area contributed by atoms with Crippen LogP contribution in [0.2, 0.25) is 0 Å². The maximum Gasteiger partial charge on any atom is 0.289 e. The van der Waals surface area contributed by atoms with Gasteiger partial charge in [0.25, 0.3) is 11.8 Å². The minimum atomic E-state index is -1.18. The van der Waals surface area contributed by atoms with Gasteiger partial charge in [0.05, 0.1) is 6.04 Å². The van der Waals surface area contributed by atoms with Crippen LogP contribution in [0.25, 0.3) is 0 Å². The lowest BCUT2D eigenvalue weighted by Gasteiger charge is -2.29. The standard InChI is InChI=1S/C32H44N4O7/c37-28(32(41)34-23-9-5-2-6-10-23)24(18-22-13-14-33-29(22)38)35-31(40)25(17-20-7-3-1-4-8-20)36-30(39)21-11-12-26-27(19-21)43-16-15-42-26/h11-12,19-20,22-25H,1-10,13-18H2,(H,33,38)(H,34,41)(H,35,40)(H,36,39)/t22-,24-,25-/m0/s1. The van der Waals surface area contributed by atoms with Crippen LogP contribution in [0.3, 0.4) is 0 Å². The van der Waals surface area contributed by atoms with Crippen LogP contribution in [0.1, 0.15) is 93.8 Å². The van der Waals surface area contributed by atoms with Gasteiger partial charge in [-0.15, -0.1) is 0 Å². The van der Waals surface area contributed by atoms with Gasteiger partial charge in [-0.2, -0.15) is 0 Å². The summed E-state index contributed by atoms with van der Waals surface area (Å²) in [4.78, 5) is 66.1. The lowest BCUT2D eigenvalue weighted by Crippen LogP contribution is -2.55. The maximum atomic E-state index is 13.8. The Morgan fingerprint density at radius 1 is 0.814 bits per heavy atom. The summed E-state index contributed by atoms with van der Waals surface area (Å²) < 4.78 is 11.2. The highest BCUT2D eigenvalue weighted by Gasteiger charge is 2.37. The molecule has 1 saturated heterocycles. The van der Waals surface area contributed by atoms with Crippen LogP contribution in [-0.4, -0.2) is 67.3 Å². The van der Waals surface area contributed by atoms with Gasteiger partial charge in [-0.3, -0.25) is 24.0 Å². The number of Topliss-reactive ketones (excluding diaryl/α,β-unsaturated/α-hetero) is 1. The molecule has 4 N–H and O–H groups in total. The molecule has 5 rings (SSSR count). The highest BCUT2D eigenvalue weighted by Crippen LogP contribution is 2.31. The molecular formula is C32H44N4O7. The number of benzene rings is 1. The Morgan fingerprint density at radius 2 is 1.51 bits per heavy atom. The van der Waals surface area contributed by atoms with E-state index in [1.165, 1.54) is 0 Å². The van der Waals surface area contributed by atoms with E-state index in [2.05, 4.69) is 21.3 Å². The van der Waals surface area contributed by atoms with Crippen molar-refractivity contribution in [3.8, 4) is 11.5 Å². The Hall–Kier alpha value is -3.63. The predicted octanol–water partition coefficient (Wildman–Crippen LogP) is 2.56. The van der Waals surface area contributed by atoms with E-state index >= 15 is 0 Å². The van der Waals surface area contributed by atoms with Crippen molar-refractivity contribution < 1.29 is 33.4 Å². The van der Waals surface area contributed by atoms with Crippen molar-refractivity contribution in [1.82, 2.24) is 21.3 Å². The molecule has 2 heterocycles. The summed E-state index contributed by atoms with van der Waals surface area (Å²) in [6.07, 6.45) is 10.9. The summed E-state index contributed by atoms with van der Waals surface area (Å²) in [5.41, 5.74) is 0.327. The molecule has 2 aliphatic heterocycles. The molecular weight excluding hydrogens is 552 g/mol. The first-order valence-electron chi connectivity index (χ1n) is 16.0. The fourth-order valence-electron chi connectivity index (χ4n) is 6.73. The van der Waals surface area contributed by atoms with Crippen LogP contribution in [0.4, 0.5) is 0 Å². The zero-order valence-electron chi connectivity index (χ0n) is 24.8. The van der Waals surface area contributed by atoms with Crippen molar-refractivity contribution in [2.75, 3.05) is 19.8 Å². The molecule has 4 amide bonds. The Balaban J connectivity index is 1.31. The van der Waals surface area contributed by atoms with E-state index in [1.807, 2.05) is 0 Å². The normalized spacial score (nSPS) is 22.1. The number of ketones is 1. The summed E-state index contributed by atoms with van der Waals surface area (Å²) in [6, 6.07) is 2.73. The average molecular weight is 597 g/mol. The molecule has 0 aromatic heterocycles. The first kappa shape index (κ1) is 30.8. The van der Waals surface area contributed by atoms with Gasteiger partial charge in [0, 0.05) is 24.1 Å². The van der Waals surface area contributed by atoms with Crippen molar-refractivity contribution in [3.05, 3.63) is 23.8 Å². The number of hydrogen-bond acceptors (Lipinski definition) is 7. The molecule has 0 radical (unpaired) electrons. The second kappa shape index (κ2) is 14.7. The second-order valence-corrected chi connectivity index (χ2v) is 12.4. The van der Waals surface area contributed by atoms with E-state index in [4.69, 9.17) is 9.47 Å². The smallest absolute Gasteiger partial charge is 0.289 e. The summed E-state index contributed by atoms with van der Waals surface area (Å²) in [7, 11) is 0. The van der Waals surface area contributed by atoms with Crippen LogP contribution in [0, 0.1) is 11.8 Å². The van der Waals surface area contributed by atoms with Crippen molar-refractivity contribution in [3.63, 3.8) is 0 Å². The van der Waals surface area contributed by atoms with Gasteiger partial charge in [0.15, 0.2) is 11.5 Å². The first-order valence-corrected chi connectivity index (χ1v) is 16.0. The molecule has 4 aliphatic rings. The fourth-order valence-corrected chi connectivity index (χ4v) is 6.73. The van der Waals surface area contributed by atoms with Crippen LogP contribution in [-0.2, 0) is 19.2 Å². The van der Waals surface area contributed by atoms with Gasteiger partial charge < -0.3 is 30.7 Å². The van der Waals surface area contributed by atoms with Gasteiger partial charge in [-0.1, -0.05) is 51.4 Å². The van der Waals surface area contributed by atoms with Crippen molar-refractivity contribution in [2.45, 2.75) is 102 Å². The molecule has 1 aromatic carbocycles. The summed E-state index contributed by atoms with van der Waals surface area (Å²) in [5.74, 6) is -1.87. The Kier molecular flexibility index (Phi) is 10.5. The minimum Gasteiger partial charge on any atom is -0.486 e. The number of nitrogens with one attached hydrogen (secondary N) is 4. The molecule has 3 atom stereocenters. The SMILES string of the molecule is O=C(NC1CCCCC1)C(=O)[C@H](C[C@@H]1CCNC1=O)NC(=O)[C@H](CC1CCCCC1)NC(=O)c1ccc2c(c1)OCCO2. The topological polar surface area (TPSA) is 152 Å². The molecule has 11 heteroatoms. The largest absolute Gasteiger partial charge is 0.486 e. The summed E-state index contributed by atoms with van der Waals surface area (Å²) in [6.45, 7) is 1.30. The summed E-state index contributed by atoms with van der Waals surface area (Å²) in [5, 5.41) is 11.3. The van der Waals surface area contributed by atoms with Gasteiger partial charge in [0.1, 0.15) is 19.3 Å². The number of amides is 4. The number of hydrogen-bond donors (Lipinski definition) is 4. The molecule has 3 fully saturated rings. The molecule has 2 saturated carbocycles. The minimum absolute atomic E-state index is 0.0285. The van der Waals surface area contributed by atoms with Gasteiger partial charge in [0.2, 0.25) is 17.6 Å². The number of carbonyl (C=O) groups is 5. The third-order valence-electron chi connectivity index (χ3n) is 9.20.